The molecule has 0 bridgehead atoms. The fourth-order valence-electron chi connectivity index (χ4n) is 2.34. The molecule has 0 atom stereocenters. The maximum Gasteiger partial charge on any atom is 0.296 e. The Hall–Kier alpha value is -3.70. The average Bonchev–Trinajstić information content (AvgIpc) is 3.19. The van der Waals surface area contributed by atoms with Crippen molar-refractivity contribution < 1.29 is 9.66 Å². The summed E-state index contributed by atoms with van der Waals surface area (Å²) in [5, 5.41) is 25.9. The molecule has 0 unspecified atom stereocenters. The van der Waals surface area contributed by atoms with Crippen molar-refractivity contribution in [3.63, 3.8) is 0 Å². The highest BCUT2D eigenvalue weighted by Gasteiger charge is 2.15. The lowest BCUT2D eigenvalue weighted by atomic mass is 10.2. The maximum atomic E-state index is 11.2. The molecule has 3 rings (SSSR count). The van der Waals surface area contributed by atoms with Crippen LogP contribution in [0.4, 0.5) is 11.4 Å². The second-order valence-electron chi connectivity index (χ2n) is 5.36. The number of benzene rings is 2. The number of nitro benzene ring substituents is 1. The van der Waals surface area contributed by atoms with Gasteiger partial charge in [0.05, 0.1) is 23.8 Å². The zero-order valence-corrected chi connectivity index (χ0v) is 15.1. The van der Waals surface area contributed by atoms with E-state index >= 15 is 0 Å². The summed E-state index contributed by atoms with van der Waals surface area (Å²) in [5.41, 5.74) is 2.12. The Morgan fingerprint density at radius 2 is 2.11 bits per heavy atom. The van der Waals surface area contributed by atoms with Gasteiger partial charge in [0, 0.05) is 17.1 Å². The molecule has 0 aliphatic rings. The van der Waals surface area contributed by atoms with Crippen molar-refractivity contribution >= 4 is 28.3 Å². The number of nitro groups is 1. The Balaban J connectivity index is 1.87. The molecule has 0 amide bonds. The largest absolute Gasteiger partial charge is 0.496 e. The Bertz CT molecular complexity index is 1040. The van der Waals surface area contributed by atoms with Crippen molar-refractivity contribution in [3.8, 4) is 23.1 Å². The number of rotatable bonds is 6. The van der Waals surface area contributed by atoms with Gasteiger partial charge in [0.1, 0.15) is 28.1 Å². The molecule has 0 aliphatic carbocycles. The smallest absolute Gasteiger partial charge is 0.296 e. The Morgan fingerprint density at radius 3 is 2.78 bits per heavy atom. The van der Waals surface area contributed by atoms with Crippen molar-refractivity contribution in [2.45, 2.75) is 0 Å². The Labute approximate surface area is 159 Å². The molecule has 3 aromatic rings. The van der Waals surface area contributed by atoms with Gasteiger partial charge in [-0.1, -0.05) is 30.3 Å². The van der Waals surface area contributed by atoms with Crippen molar-refractivity contribution in [3.05, 3.63) is 75.2 Å². The van der Waals surface area contributed by atoms with E-state index in [0.717, 1.165) is 11.3 Å². The van der Waals surface area contributed by atoms with Gasteiger partial charge >= 0.3 is 0 Å². The fourth-order valence-corrected chi connectivity index (χ4v) is 3.14. The van der Waals surface area contributed by atoms with Crippen LogP contribution < -0.4 is 10.1 Å². The quantitative estimate of drug-likeness (QED) is 0.379. The van der Waals surface area contributed by atoms with Crippen LogP contribution in [0.15, 0.2) is 60.1 Å². The van der Waals surface area contributed by atoms with Crippen LogP contribution in [-0.4, -0.2) is 17.0 Å². The average molecular weight is 378 g/mol. The first-order valence-corrected chi connectivity index (χ1v) is 8.71. The zero-order chi connectivity index (χ0) is 19.2. The van der Waals surface area contributed by atoms with Crippen molar-refractivity contribution in [2.24, 2.45) is 0 Å². The highest BCUT2D eigenvalue weighted by molar-refractivity contribution is 7.11. The number of methoxy groups -OCH3 is 1. The molecule has 0 radical (unpaired) electrons. The molecule has 0 spiro atoms. The van der Waals surface area contributed by atoms with E-state index in [1.807, 2.05) is 35.7 Å². The number of thiazole rings is 1. The molecular weight excluding hydrogens is 364 g/mol. The minimum absolute atomic E-state index is 0.146. The summed E-state index contributed by atoms with van der Waals surface area (Å²) in [6.45, 7) is 0. The fraction of sp³-hybridized carbons (Fsp3) is 0.0526. The van der Waals surface area contributed by atoms with Crippen molar-refractivity contribution in [2.75, 3.05) is 12.4 Å². The molecule has 8 heteroatoms. The van der Waals surface area contributed by atoms with Crippen LogP contribution in [-0.2, 0) is 0 Å². The number of nitrogens with zero attached hydrogens (tertiary/aromatic N) is 3. The highest BCUT2D eigenvalue weighted by atomic mass is 32.1. The molecule has 0 aliphatic heterocycles. The third-order valence-corrected chi connectivity index (χ3v) is 4.57. The molecule has 1 N–H and O–H groups in total. The third kappa shape index (κ3) is 4.11. The molecule has 0 saturated heterocycles. The van der Waals surface area contributed by atoms with Gasteiger partial charge in [0.25, 0.3) is 5.69 Å². The molecule has 1 heterocycles. The number of hydrogen-bond acceptors (Lipinski definition) is 7. The van der Waals surface area contributed by atoms with E-state index in [2.05, 4.69) is 16.4 Å². The number of ether oxygens (including phenoxy) is 1. The van der Waals surface area contributed by atoms with Gasteiger partial charge in [0.15, 0.2) is 0 Å². The van der Waals surface area contributed by atoms with Crippen LogP contribution >= 0.6 is 11.3 Å². The highest BCUT2D eigenvalue weighted by Crippen LogP contribution is 2.30. The van der Waals surface area contributed by atoms with Crippen molar-refractivity contribution in [1.29, 1.82) is 5.26 Å². The maximum absolute atomic E-state index is 11.2. The van der Waals surface area contributed by atoms with Gasteiger partial charge in [0.2, 0.25) is 0 Å². The van der Waals surface area contributed by atoms with Gasteiger partial charge in [-0.15, -0.1) is 11.3 Å². The summed E-state index contributed by atoms with van der Waals surface area (Å²) in [5.74, 6) is 0.379. The molecule has 134 valence electrons. The number of aromatic nitrogens is 1. The predicted molar refractivity (Wildman–Crippen MR) is 104 cm³/mol. The second-order valence-corrected chi connectivity index (χ2v) is 6.22. The lowest BCUT2D eigenvalue weighted by Gasteiger charge is -2.05. The number of hydrogen-bond donors (Lipinski definition) is 1. The summed E-state index contributed by atoms with van der Waals surface area (Å²) in [6.07, 6.45) is 1.42. The van der Waals surface area contributed by atoms with E-state index in [1.54, 1.807) is 6.07 Å². The number of anilines is 1. The lowest BCUT2D eigenvalue weighted by Crippen LogP contribution is -1.98. The van der Waals surface area contributed by atoms with E-state index in [-0.39, 0.29) is 16.9 Å². The Kier molecular flexibility index (Phi) is 5.44. The van der Waals surface area contributed by atoms with E-state index < -0.39 is 4.92 Å². The molecule has 1 aromatic heterocycles. The number of nitrogens with one attached hydrogen (secondary N) is 1. The normalized spacial score (nSPS) is 10.9. The monoisotopic (exact) mass is 378 g/mol. The molecule has 2 aromatic carbocycles. The van der Waals surface area contributed by atoms with E-state index in [4.69, 9.17) is 4.74 Å². The van der Waals surface area contributed by atoms with E-state index in [9.17, 15) is 15.4 Å². The molecular formula is C19H14N4O3S. The molecule has 0 fully saturated rings. The second kappa shape index (κ2) is 8.12. The standard InChI is InChI=1S/C19H14N4O3S/c1-26-15-7-8-16(18(9-15)23(24)25)21-11-14(10-20)19-22-17(12-27-19)13-5-3-2-4-6-13/h2-9,11-12,21H,1H3. The van der Waals surface area contributed by atoms with Crippen LogP contribution in [0.25, 0.3) is 16.8 Å². The zero-order valence-electron chi connectivity index (χ0n) is 14.2. The third-order valence-electron chi connectivity index (χ3n) is 3.70. The first-order chi connectivity index (χ1) is 13.1. The van der Waals surface area contributed by atoms with Gasteiger partial charge in [-0.2, -0.15) is 5.26 Å². The van der Waals surface area contributed by atoms with Crippen molar-refractivity contribution in [1.82, 2.24) is 4.98 Å². The number of allylic oxidation sites excluding steroid dienone is 1. The summed E-state index contributed by atoms with van der Waals surface area (Å²) in [4.78, 5) is 15.2. The number of nitriles is 1. The predicted octanol–water partition coefficient (Wildman–Crippen LogP) is 4.70. The van der Waals surface area contributed by atoms with Gasteiger partial charge < -0.3 is 10.1 Å². The summed E-state index contributed by atoms with van der Waals surface area (Å²) in [7, 11) is 1.44. The summed E-state index contributed by atoms with van der Waals surface area (Å²) in [6, 6.07) is 16.2. The van der Waals surface area contributed by atoms with Crippen LogP contribution in [0.5, 0.6) is 5.75 Å². The van der Waals surface area contributed by atoms with E-state index in [1.165, 1.54) is 36.8 Å². The van der Waals surface area contributed by atoms with Gasteiger partial charge in [-0.25, -0.2) is 4.98 Å². The van der Waals surface area contributed by atoms with E-state index in [0.29, 0.717) is 10.8 Å². The topological polar surface area (TPSA) is 101 Å². The van der Waals surface area contributed by atoms with Crippen LogP contribution in [0.3, 0.4) is 0 Å². The molecule has 0 saturated carbocycles. The lowest BCUT2D eigenvalue weighted by molar-refractivity contribution is -0.384. The summed E-state index contributed by atoms with van der Waals surface area (Å²) < 4.78 is 5.01. The molecule has 27 heavy (non-hydrogen) atoms. The van der Waals surface area contributed by atoms with Gasteiger partial charge in [-0.3, -0.25) is 10.1 Å². The first kappa shape index (κ1) is 18.1. The Morgan fingerprint density at radius 1 is 1.33 bits per heavy atom. The first-order valence-electron chi connectivity index (χ1n) is 7.83. The minimum atomic E-state index is -0.512. The summed E-state index contributed by atoms with van der Waals surface area (Å²) >= 11 is 1.33. The van der Waals surface area contributed by atoms with Crippen LogP contribution in [0, 0.1) is 21.4 Å². The van der Waals surface area contributed by atoms with Gasteiger partial charge in [-0.05, 0) is 12.1 Å². The SMILES string of the molecule is COc1ccc(NC=C(C#N)c2nc(-c3ccccc3)cs2)c([N+](=O)[O-])c1. The van der Waals surface area contributed by atoms with Crippen LogP contribution in [0.1, 0.15) is 5.01 Å². The van der Waals surface area contributed by atoms with Crippen LogP contribution in [0.2, 0.25) is 0 Å². The molecule has 7 nitrogen and oxygen atoms in total. The minimum Gasteiger partial charge on any atom is -0.496 e.